The summed E-state index contributed by atoms with van der Waals surface area (Å²) >= 11 is 0. The van der Waals surface area contributed by atoms with Crippen molar-refractivity contribution in [1.29, 1.82) is 0 Å². The smallest absolute Gasteiger partial charge is 0.309 e. The largest absolute Gasteiger partial charge is 0.481 e. The SMILES string of the molecule is O=C(O)C1CCCOC1c1ccc([N+](=O)[O-])cc1. The molecule has 2 atom stereocenters. The lowest BCUT2D eigenvalue weighted by molar-refractivity contribution is -0.384. The Balaban J connectivity index is 2.23. The minimum absolute atomic E-state index is 0.0126. The van der Waals surface area contributed by atoms with E-state index in [-0.39, 0.29) is 5.69 Å². The van der Waals surface area contributed by atoms with E-state index in [1.54, 1.807) is 12.1 Å². The highest BCUT2D eigenvalue weighted by Gasteiger charge is 2.33. The van der Waals surface area contributed by atoms with Crippen molar-refractivity contribution >= 4 is 11.7 Å². The lowest BCUT2D eigenvalue weighted by atomic mass is 9.89. The Morgan fingerprint density at radius 3 is 2.61 bits per heavy atom. The monoisotopic (exact) mass is 251 g/mol. The van der Waals surface area contributed by atoms with Crippen molar-refractivity contribution in [3.63, 3.8) is 0 Å². The van der Waals surface area contributed by atoms with E-state index >= 15 is 0 Å². The number of carbonyl (C=O) groups is 1. The number of nitro benzene ring substituents is 1. The highest BCUT2D eigenvalue weighted by atomic mass is 16.6. The Hall–Kier alpha value is -1.95. The molecule has 0 aliphatic carbocycles. The zero-order valence-corrected chi connectivity index (χ0v) is 9.61. The summed E-state index contributed by atoms with van der Waals surface area (Å²) in [5, 5.41) is 19.7. The van der Waals surface area contributed by atoms with E-state index in [0.29, 0.717) is 18.6 Å². The second-order valence-corrected chi connectivity index (χ2v) is 4.23. The highest BCUT2D eigenvalue weighted by Crippen LogP contribution is 2.34. The van der Waals surface area contributed by atoms with Gasteiger partial charge >= 0.3 is 5.97 Å². The molecule has 0 spiro atoms. The third kappa shape index (κ3) is 2.48. The predicted octanol–water partition coefficient (Wildman–Crippen LogP) is 2.15. The molecule has 1 heterocycles. The van der Waals surface area contributed by atoms with Gasteiger partial charge in [-0.15, -0.1) is 0 Å². The molecule has 0 aromatic heterocycles. The summed E-state index contributed by atoms with van der Waals surface area (Å²) in [6.07, 6.45) is 0.773. The van der Waals surface area contributed by atoms with Crippen molar-refractivity contribution in [3.8, 4) is 0 Å². The Morgan fingerprint density at radius 2 is 2.06 bits per heavy atom. The van der Waals surface area contributed by atoms with Crippen LogP contribution in [-0.4, -0.2) is 22.6 Å². The molecule has 6 heteroatoms. The molecular weight excluding hydrogens is 238 g/mol. The third-order valence-electron chi connectivity index (χ3n) is 3.07. The molecule has 1 aromatic carbocycles. The quantitative estimate of drug-likeness (QED) is 0.656. The third-order valence-corrected chi connectivity index (χ3v) is 3.07. The minimum Gasteiger partial charge on any atom is -0.481 e. The van der Waals surface area contributed by atoms with Gasteiger partial charge in [-0.25, -0.2) is 0 Å². The first-order valence-corrected chi connectivity index (χ1v) is 5.68. The minimum atomic E-state index is -0.891. The molecule has 18 heavy (non-hydrogen) atoms. The van der Waals surface area contributed by atoms with Crippen LogP contribution in [-0.2, 0) is 9.53 Å². The van der Waals surface area contributed by atoms with Crippen LogP contribution in [0.1, 0.15) is 24.5 Å². The molecule has 2 rings (SSSR count). The van der Waals surface area contributed by atoms with E-state index in [2.05, 4.69) is 0 Å². The Labute approximate surface area is 103 Å². The fourth-order valence-electron chi connectivity index (χ4n) is 2.15. The zero-order valence-electron chi connectivity index (χ0n) is 9.61. The number of non-ortho nitro benzene ring substituents is 1. The van der Waals surface area contributed by atoms with E-state index in [1.807, 2.05) is 0 Å². The van der Waals surface area contributed by atoms with Crippen molar-refractivity contribution in [1.82, 2.24) is 0 Å². The Kier molecular flexibility index (Phi) is 3.57. The number of rotatable bonds is 3. The fraction of sp³-hybridized carbons (Fsp3) is 0.417. The molecular formula is C12H13NO5. The lowest BCUT2D eigenvalue weighted by Crippen LogP contribution is -2.28. The van der Waals surface area contributed by atoms with Crippen LogP contribution in [0.5, 0.6) is 0 Å². The number of benzene rings is 1. The first-order valence-electron chi connectivity index (χ1n) is 5.68. The number of nitrogens with zero attached hydrogens (tertiary/aromatic N) is 1. The number of hydrogen-bond acceptors (Lipinski definition) is 4. The molecule has 1 fully saturated rings. The molecule has 0 amide bonds. The number of carboxylic acid groups (broad SMARTS) is 1. The molecule has 0 bridgehead atoms. The maximum atomic E-state index is 11.1. The van der Waals surface area contributed by atoms with E-state index in [0.717, 1.165) is 6.42 Å². The van der Waals surface area contributed by atoms with Crippen molar-refractivity contribution in [2.45, 2.75) is 18.9 Å². The topological polar surface area (TPSA) is 89.7 Å². The zero-order chi connectivity index (χ0) is 13.1. The normalized spacial score (nSPS) is 23.6. The van der Waals surface area contributed by atoms with E-state index < -0.39 is 22.9 Å². The number of ether oxygens (including phenoxy) is 1. The van der Waals surface area contributed by atoms with Crippen LogP contribution < -0.4 is 0 Å². The summed E-state index contributed by atoms with van der Waals surface area (Å²) in [6, 6.07) is 5.85. The van der Waals surface area contributed by atoms with Gasteiger partial charge in [-0.3, -0.25) is 14.9 Å². The molecule has 1 aliphatic heterocycles. The van der Waals surface area contributed by atoms with Crippen molar-refractivity contribution in [2.75, 3.05) is 6.61 Å². The van der Waals surface area contributed by atoms with Crippen molar-refractivity contribution < 1.29 is 19.6 Å². The first-order chi connectivity index (χ1) is 8.59. The van der Waals surface area contributed by atoms with Gasteiger partial charge in [0.15, 0.2) is 0 Å². The van der Waals surface area contributed by atoms with Gasteiger partial charge in [0.1, 0.15) is 0 Å². The number of hydrogen-bond donors (Lipinski definition) is 1. The predicted molar refractivity (Wildman–Crippen MR) is 62.1 cm³/mol. The number of carboxylic acids is 1. The average Bonchev–Trinajstić information content (AvgIpc) is 2.39. The van der Waals surface area contributed by atoms with Gasteiger partial charge in [-0.2, -0.15) is 0 Å². The second kappa shape index (κ2) is 5.14. The molecule has 0 radical (unpaired) electrons. The fourth-order valence-corrected chi connectivity index (χ4v) is 2.15. The Bertz CT molecular complexity index is 456. The summed E-state index contributed by atoms with van der Waals surface area (Å²) < 4.78 is 5.49. The van der Waals surface area contributed by atoms with Gasteiger partial charge in [-0.1, -0.05) is 0 Å². The summed E-state index contributed by atoms with van der Waals surface area (Å²) in [4.78, 5) is 21.2. The molecule has 6 nitrogen and oxygen atoms in total. The van der Waals surface area contributed by atoms with Gasteiger partial charge in [-0.05, 0) is 30.5 Å². The Morgan fingerprint density at radius 1 is 1.39 bits per heavy atom. The van der Waals surface area contributed by atoms with Crippen LogP contribution in [0.2, 0.25) is 0 Å². The first kappa shape index (κ1) is 12.5. The van der Waals surface area contributed by atoms with Crippen LogP contribution in [0.3, 0.4) is 0 Å². The van der Waals surface area contributed by atoms with E-state index in [1.165, 1.54) is 12.1 Å². The molecule has 2 unspecified atom stereocenters. The van der Waals surface area contributed by atoms with Gasteiger partial charge < -0.3 is 9.84 Å². The maximum absolute atomic E-state index is 11.1. The number of nitro groups is 1. The molecule has 1 N–H and O–H groups in total. The van der Waals surface area contributed by atoms with E-state index in [9.17, 15) is 14.9 Å². The van der Waals surface area contributed by atoms with Crippen LogP contribution in [0.25, 0.3) is 0 Å². The van der Waals surface area contributed by atoms with Crippen molar-refractivity contribution in [2.24, 2.45) is 5.92 Å². The van der Waals surface area contributed by atoms with Gasteiger partial charge in [0.05, 0.1) is 16.9 Å². The number of aliphatic carboxylic acids is 1. The van der Waals surface area contributed by atoms with Crippen LogP contribution in [0.4, 0.5) is 5.69 Å². The molecule has 1 saturated heterocycles. The molecule has 1 aliphatic rings. The van der Waals surface area contributed by atoms with Crippen LogP contribution in [0.15, 0.2) is 24.3 Å². The van der Waals surface area contributed by atoms with E-state index in [4.69, 9.17) is 9.84 Å². The van der Waals surface area contributed by atoms with Gasteiger partial charge in [0.2, 0.25) is 0 Å². The van der Waals surface area contributed by atoms with Gasteiger partial charge in [0, 0.05) is 18.7 Å². The average molecular weight is 251 g/mol. The standard InChI is InChI=1S/C12H13NO5/c14-12(15)10-2-1-7-18-11(10)8-3-5-9(6-4-8)13(16)17/h3-6,10-11H,1-2,7H2,(H,14,15). The summed E-state index contributed by atoms with van der Waals surface area (Å²) in [7, 11) is 0. The molecule has 96 valence electrons. The van der Waals surface area contributed by atoms with Gasteiger partial charge in [0.25, 0.3) is 5.69 Å². The second-order valence-electron chi connectivity index (χ2n) is 4.23. The molecule has 1 aromatic rings. The molecule has 0 saturated carbocycles. The summed E-state index contributed by atoms with van der Waals surface area (Å²) in [6.45, 7) is 0.519. The lowest BCUT2D eigenvalue weighted by Gasteiger charge is -2.29. The highest BCUT2D eigenvalue weighted by molar-refractivity contribution is 5.71. The summed E-state index contributed by atoms with van der Waals surface area (Å²) in [5.41, 5.74) is 0.661. The van der Waals surface area contributed by atoms with Crippen LogP contribution >= 0.6 is 0 Å². The maximum Gasteiger partial charge on any atom is 0.309 e. The summed E-state index contributed by atoms with van der Waals surface area (Å²) in [5.74, 6) is -1.47. The van der Waals surface area contributed by atoms with Crippen LogP contribution in [0, 0.1) is 16.0 Å². The van der Waals surface area contributed by atoms with Crippen molar-refractivity contribution in [3.05, 3.63) is 39.9 Å².